The molecule has 2 N–H and O–H groups in total. The van der Waals surface area contributed by atoms with Gasteiger partial charge >= 0.3 is 0 Å². The standard InChI is InChI=1S/C19H25N3O3/c20-18(23)16-8-9-17(25-16)19(24)22-13-11-21(12-14-22)10-4-7-15-5-2-1-3-6-15/h1-7,16-17H,8-14H2,(H2,20,23)/b7-4+/t16-,17+/m0/s1. The Morgan fingerprint density at radius 3 is 2.40 bits per heavy atom. The molecule has 1 aromatic carbocycles. The molecular formula is C19H25N3O3. The summed E-state index contributed by atoms with van der Waals surface area (Å²) in [5.74, 6) is -0.492. The Bertz CT molecular complexity index is 624. The highest BCUT2D eigenvalue weighted by atomic mass is 16.5. The molecule has 0 saturated carbocycles. The van der Waals surface area contributed by atoms with Crippen molar-refractivity contribution in [3.63, 3.8) is 0 Å². The van der Waals surface area contributed by atoms with Crippen LogP contribution in [0, 0.1) is 0 Å². The first-order chi connectivity index (χ1) is 12.1. The van der Waals surface area contributed by atoms with Gasteiger partial charge < -0.3 is 15.4 Å². The molecular weight excluding hydrogens is 318 g/mol. The van der Waals surface area contributed by atoms with Crippen LogP contribution in [0.4, 0.5) is 0 Å². The van der Waals surface area contributed by atoms with Gasteiger partial charge in [-0.1, -0.05) is 42.5 Å². The van der Waals surface area contributed by atoms with Gasteiger partial charge in [0.25, 0.3) is 5.91 Å². The van der Waals surface area contributed by atoms with Crippen molar-refractivity contribution < 1.29 is 14.3 Å². The molecule has 0 bridgehead atoms. The maximum atomic E-state index is 12.5. The van der Waals surface area contributed by atoms with E-state index in [-0.39, 0.29) is 5.91 Å². The largest absolute Gasteiger partial charge is 0.367 e. The zero-order valence-corrected chi connectivity index (χ0v) is 14.3. The predicted octanol–water partition coefficient (Wildman–Crippen LogP) is 0.877. The van der Waals surface area contributed by atoms with Crippen molar-refractivity contribution in [2.75, 3.05) is 32.7 Å². The monoisotopic (exact) mass is 343 g/mol. The van der Waals surface area contributed by atoms with E-state index in [4.69, 9.17) is 10.5 Å². The van der Waals surface area contributed by atoms with Gasteiger partial charge in [-0.15, -0.1) is 0 Å². The molecule has 2 aliphatic heterocycles. The number of piperazine rings is 1. The lowest BCUT2D eigenvalue weighted by Gasteiger charge is -2.35. The van der Waals surface area contributed by atoms with Crippen LogP contribution in [0.1, 0.15) is 18.4 Å². The molecule has 0 radical (unpaired) electrons. The molecule has 2 aliphatic rings. The smallest absolute Gasteiger partial charge is 0.251 e. The number of amides is 2. The number of benzene rings is 1. The van der Waals surface area contributed by atoms with Gasteiger partial charge in [0.2, 0.25) is 5.91 Å². The Morgan fingerprint density at radius 1 is 1.08 bits per heavy atom. The van der Waals surface area contributed by atoms with Crippen LogP contribution < -0.4 is 5.73 Å². The number of carbonyl (C=O) groups is 2. The topological polar surface area (TPSA) is 75.9 Å². The third-order valence-corrected chi connectivity index (χ3v) is 4.77. The summed E-state index contributed by atoms with van der Waals surface area (Å²) < 4.78 is 5.49. The third kappa shape index (κ3) is 4.67. The van der Waals surface area contributed by atoms with Crippen LogP contribution in [0.3, 0.4) is 0 Å². The Balaban J connectivity index is 1.42. The van der Waals surface area contributed by atoms with E-state index in [1.807, 2.05) is 23.1 Å². The number of hydrogen-bond acceptors (Lipinski definition) is 4. The van der Waals surface area contributed by atoms with Gasteiger partial charge in [-0.05, 0) is 18.4 Å². The Morgan fingerprint density at radius 2 is 1.76 bits per heavy atom. The fourth-order valence-corrected chi connectivity index (χ4v) is 3.28. The molecule has 2 heterocycles. The van der Waals surface area contributed by atoms with Crippen LogP contribution in [0.5, 0.6) is 0 Å². The fraction of sp³-hybridized carbons (Fsp3) is 0.474. The molecule has 2 saturated heterocycles. The number of primary amides is 1. The molecule has 1 aromatic rings. The summed E-state index contributed by atoms with van der Waals surface area (Å²) >= 11 is 0. The minimum Gasteiger partial charge on any atom is -0.367 e. The van der Waals surface area contributed by atoms with Crippen molar-refractivity contribution in [2.24, 2.45) is 5.73 Å². The van der Waals surface area contributed by atoms with E-state index < -0.39 is 18.1 Å². The van der Waals surface area contributed by atoms with Crippen LogP contribution in [-0.4, -0.2) is 66.5 Å². The number of hydrogen-bond donors (Lipinski definition) is 1. The quantitative estimate of drug-likeness (QED) is 0.861. The maximum Gasteiger partial charge on any atom is 0.251 e. The number of ether oxygens (including phenoxy) is 1. The first-order valence-electron chi connectivity index (χ1n) is 8.81. The second-order valence-electron chi connectivity index (χ2n) is 6.53. The number of nitrogens with zero attached hydrogens (tertiary/aromatic N) is 2. The Hall–Kier alpha value is -2.18. The molecule has 0 spiro atoms. The summed E-state index contributed by atoms with van der Waals surface area (Å²) in [5, 5.41) is 0. The fourth-order valence-electron chi connectivity index (χ4n) is 3.28. The van der Waals surface area contributed by atoms with E-state index in [0.717, 1.165) is 19.6 Å². The normalized spacial score (nSPS) is 24.7. The second kappa shape index (κ2) is 8.27. The van der Waals surface area contributed by atoms with Gasteiger partial charge in [-0.3, -0.25) is 14.5 Å². The van der Waals surface area contributed by atoms with Gasteiger partial charge in [0.15, 0.2) is 0 Å². The molecule has 2 fully saturated rings. The highest BCUT2D eigenvalue weighted by Gasteiger charge is 2.36. The van der Waals surface area contributed by atoms with Crippen molar-refractivity contribution in [1.29, 1.82) is 0 Å². The zero-order valence-electron chi connectivity index (χ0n) is 14.3. The van der Waals surface area contributed by atoms with Crippen molar-refractivity contribution in [3.05, 3.63) is 42.0 Å². The number of nitrogens with two attached hydrogens (primary N) is 1. The van der Waals surface area contributed by atoms with E-state index in [0.29, 0.717) is 25.9 Å². The van der Waals surface area contributed by atoms with Gasteiger partial charge in [0.1, 0.15) is 12.2 Å². The van der Waals surface area contributed by atoms with Crippen LogP contribution in [0.15, 0.2) is 36.4 Å². The van der Waals surface area contributed by atoms with Gasteiger partial charge in [-0.2, -0.15) is 0 Å². The summed E-state index contributed by atoms with van der Waals surface area (Å²) in [6, 6.07) is 10.2. The zero-order chi connectivity index (χ0) is 17.6. The lowest BCUT2D eigenvalue weighted by atomic mass is 10.1. The highest BCUT2D eigenvalue weighted by Crippen LogP contribution is 2.21. The summed E-state index contributed by atoms with van der Waals surface area (Å²) in [4.78, 5) is 27.8. The molecule has 0 aromatic heterocycles. The molecule has 6 nitrogen and oxygen atoms in total. The maximum absolute atomic E-state index is 12.5. The molecule has 2 atom stereocenters. The summed E-state index contributed by atoms with van der Waals surface area (Å²) in [7, 11) is 0. The first-order valence-corrected chi connectivity index (χ1v) is 8.81. The van der Waals surface area contributed by atoms with Crippen LogP contribution in [-0.2, 0) is 14.3 Å². The molecule has 2 amide bonds. The second-order valence-corrected chi connectivity index (χ2v) is 6.53. The van der Waals surface area contributed by atoms with Crippen molar-refractivity contribution in [1.82, 2.24) is 9.80 Å². The summed E-state index contributed by atoms with van der Waals surface area (Å²) in [6.45, 7) is 3.95. The van der Waals surface area contributed by atoms with E-state index >= 15 is 0 Å². The molecule has 0 aliphatic carbocycles. The van der Waals surface area contributed by atoms with E-state index in [9.17, 15) is 9.59 Å². The van der Waals surface area contributed by atoms with Crippen molar-refractivity contribution in [2.45, 2.75) is 25.0 Å². The van der Waals surface area contributed by atoms with E-state index in [1.54, 1.807) is 0 Å². The lowest BCUT2D eigenvalue weighted by Crippen LogP contribution is -2.51. The molecule has 0 unspecified atom stereocenters. The van der Waals surface area contributed by atoms with Crippen LogP contribution in [0.2, 0.25) is 0 Å². The average Bonchev–Trinajstić information content (AvgIpc) is 3.13. The van der Waals surface area contributed by atoms with Gasteiger partial charge in [0, 0.05) is 32.7 Å². The molecule has 3 rings (SSSR count). The van der Waals surface area contributed by atoms with E-state index in [1.165, 1.54) is 5.56 Å². The minimum atomic E-state index is -0.613. The molecule has 25 heavy (non-hydrogen) atoms. The minimum absolute atomic E-state index is 0.0109. The number of rotatable bonds is 5. The van der Waals surface area contributed by atoms with E-state index in [2.05, 4.69) is 29.2 Å². The summed E-state index contributed by atoms with van der Waals surface area (Å²) in [5.41, 5.74) is 6.44. The van der Waals surface area contributed by atoms with Gasteiger partial charge in [0.05, 0.1) is 0 Å². The molecule has 6 heteroatoms. The SMILES string of the molecule is NC(=O)[C@@H]1CC[C@H](C(=O)N2CCN(C/C=C/c3ccccc3)CC2)O1. The molecule has 134 valence electrons. The van der Waals surface area contributed by atoms with Crippen molar-refractivity contribution in [3.8, 4) is 0 Å². The van der Waals surface area contributed by atoms with Crippen molar-refractivity contribution >= 4 is 17.9 Å². The van der Waals surface area contributed by atoms with Crippen LogP contribution in [0.25, 0.3) is 6.08 Å². The Kier molecular flexibility index (Phi) is 5.83. The van der Waals surface area contributed by atoms with Crippen LogP contribution >= 0.6 is 0 Å². The predicted molar refractivity (Wildman–Crippen MR) is 95.6 cm³/mol. The number of carbonyl (C=O) groups excluding carboxylic acids is 2. The first kappa shape index (κ1) is 17.6. The summed E-state index contributed by atoms with van der Waals surface area (Å²) in [6.07, 6.45) is 4.26. The highest BCUT2D eigenvalue weighted by molar-refractivity contribution is 5.84. The average molecular weight is 343 g/mol. The lowest BCUT2D eigenvalue weighted by molar-refractivity contribution is -0.147. The Labute approximate surface area is 148 Å². The third-order valence-electron chi connectivity index (χ3n) is 4.77. The van der Waals surface area contributed by atoms with Gasteiger partial charge in [-0.25, -0.2) is 0 Å².